The molecule has 0 heterocycles. The summed E-state index contributed by atoms with van der Waals surface area (Å²) in [6.07, 6.45) is -0.0300. The fourth-order valence-corrected chi connectivity index (χ4v) is 1.54. The molecule has 0 bridgehead atoms. The number of halogens is 2. The molecule has 0 aliphatic carbocycles. The fraction of sp³-hybridized carbons (Fsp3) is 0.417. The third-order valence-electron chi connectivity index (χ3n) is 2.75. The zero-order valence-electron chi connectivity index (χ0n) is 9.78. The van der Waals surface area contributed by atoms with Crippen LogP contribution in [0.4, 0.5) is 8.78 Å². The number of aliphatic carboxylic acids is 1. The van der Waals surface area contributed by atoms with Crippen LogP contribution < -0.4 is 0 Å². The summed E-state index contributed by atoms with van der Waals surface area (Å²) in [4.78, 5) is 12.1. The van der Waals surface area contributed by atoms with Gasteiger partial charge in [-0.05, 0) is 32.2 Å². The Hall–Kier alpha value is -1.49. The highest BCUT2D eigenvalue weighted by molar-refractivity contribution is 5.66. The second-order valence-corrected chi connectivity index (χ2v) is 3.97. The Bertz CT molecular complexity index is 409. The first-order chi connectivity index (χ1) is 7.91. The van der Waals surface area contributed by atoms with E-state index in [2.05, 4.69) is 0 Å². The van der Waals surface area contributed by atoms with Crippen LogP contribution in [-0.2, 0) is 4.79 Å². The van der Waals surface area contributed by atoms with E-state index in [1.54, 1.807) is 18.9 Å². The van der Waals surface area contributed by atoms with Crippen LogP contribution in [-0.4, -0.2) is 29.6 Å². The first-order valence-electron chi connectivity index (χ1n) is 5.28. The molecule has 5 heteroatoms. The van der Waals surface area contributed by atoms with Gasteiger partial charge in [-0.15, -0.1) is 0 Å². The lowest BCUT2D eigenvalue weighted by Crippen LogP contribution is -2.26. The maximum Gasteiger partial charge on any atom is 0.304 e. The summed E-state index contributed by atoms with van der Waals surface area (Å²) >= 11 is 0. The van der Waals surface area contributed by atoms with E-state index in [1.807, 2.05) is 0 Å². The third-order valence-corrected chi connectivity index (χ3v) is 2.75. The molecule has 0 aliphatic heterocycles. The van der Waals surface area contributed by atoms with Crippen LogP contribution in [0.3, 0.4) is 0 Å². The van der Waals surface area contributed by atoms with Crippen LogP contribution >= 0.6 is 0 Å². The molecule has 1 atom stereocenters. The predicted molar refractivity (Wildman–Crippen MR) is 59.7 cm³/mol. The average molecular weight is 243 g/mol. The van der Waals surface area contributed by atoms with E-state index >= 15 is 0 Å². The smallest absolute Gasteiger partial charge is 0.304 e. The molecule has 0 spiro atoms. The summed E-state index contributed by atoms with van der Waals surface area (Å²) < 4.78 is 26.5. The van der Waals surface area contributed by atoms with Gasteiger partial charge >= 0.3 is 5.97 Å². The maximum absolute atomic E-state index is 13.5. The van der Waals surface area contributed by atoms with Gasteiger partial charge in [-0.25, -0.2) is 8.78 Å². The van der Waals surface area contributed by atoms with E-state index in [9.17, 15) is 13.6 Å². The summed E-state index contributed by atoms with van der Waals surface area (Å²) in [5, 5.41) is 8.55. The standard InChI is InChI=1S/C12H15F2NO2/c1-8(15(2)6-5-12(16)17)10-7-9(13)3-4-11(10)14/h3-4,7-8H,5-6H2,1-2H3,(H,16,17). The van der Waals surface area contributed by atoms with Crippen molar-refractivity contribution in [2.45, 2.75) is 19.4 Å². The van der Waals surface area contributed by atoms with Crippen LogP contribution in [0.2, 0.25) is 0 Å². The van der Waals surface area contributed by atoms with Crippen molar-refractivity contribution in [1.82, 2.24) is 4.90 Å². The number of benzene rings is 1. The Kier molecular flexibility index (Phi) is 4.57. The zero-order valence-corrected chi connectivity index (χ0v) is 9.78. The lowest BCUT2D eigenvalue weighted by atomic mass is 10.1. The van der Waals surface area contributed by atoms with Gasteiger partial charge in [0.05, 0.1) is 6.42 Å². The monoisotopic (exact) mass is 243 g/mol. The summed E-state index contributed by atoms with van der Waals surface area (Å²) in [6.45, 7) is 1.99. The highest BCUT2D eigenvalue weighted by Crippen LogP contribution is 2.22. The Morgan fingerprint density at radius 2 is 2.12 bits per heavy atom. The first-order valence-corrected chi connectivity index (χ1v) is 5.28. The summed E-state index contributed by atoms with van der Waals surface area (Å²) in [6, 6.07) is 2.90. The second-order valence-electron chi connectivity index (χ2n) is 3.97. The van der Waals surface area contributed by atoms with Crippen LogP contribution in [0.5, 0.6) is 0 Å². The highest BCUT2D eigenvalue weighted by Gasteiger charge is 2.16. The van der Waals surface area contributed by atoms with Crippen LogP contribution in [0, 0.1) is 11.6 Å². The maximum atomic E-state index is 13.5. The quantitative estimate of drug-likeness (QED) is 0.863. The lowest BCUT2D eigenvalue weighted by molar-refractivity contribution is -0.137. The molecule has 3 nitrogen and oxygen atoms in total. The third kappa shape index (κ3) is 3.78. The number of hydrogen-bond acceptors (Lipinski definition) is 2. The van der Waals surface area contributed by atoms with Gasteiger partial charge in [-0.3, -0.25) is 9.69 Å². The number of carboxylic acids is 1. The van der Waals surface area contributed by atoms with Gasteiger partial charge in [0.1, 0.15) is 11.6 Å². The van der Waals surface area contributed by atoms with Crippen LogP contribution in [0.15, 0.2) is 18.2 Å². The molecule has 1 aromatic rings. The Balaban J connectivity index is 2.77. The molecule has 1 N–H and O–H groups in total. The SMILES string of the molecule is CC(c1cc(F)ccc1F)N(C)CCC(=O)O. The number of carboxylic acid groups (broad SMARTS) is 1. The molecule has 0 fully saturated rings. The molecule has 0 aliphatic rings. The highest BCUT2D eigenvalue weighted by atomic mass is 19.1. The molecule has 1 unspecified atom stereocenters. The van der Waals surface area contributed by atoms with Gasteiger partial charge < -0.3 is 5.11 Å². The van der Waals surface area contributed by atoms with E-state index in [4.69, 9.17) is 5.11 Å². The summed E-state index contributed by atoms with van der Waals surface area (Å²) in [7, 11) is 1.68. The number of hydrogen-bond donors (Lipinski definition) is 1. The topological polar surface area (TPSA) is 40.5 Å². The van der Waals surface area contributed by atoms with Crippen LogP contribution in [0.25, 0.3) is 0 Å². The zero-order chi connectivity index (χ0) is 13.0. The second kappa shape index (κ2) is 5.72. The summed E-state index contributed by atoms with van der Waals surface area (Å²) in [5.41, 5.74) is 0.234. The summed E-state index contributed by atoms with van der Waals surface area (Å²) in [5.74, 6) is -1.90. The minimum absolute atomic E-state index is 0.0300. The number of nitrogens with zero attached hydrogens (tertiary/aromatic N) is 1. The van der Waals surface area contributed by atoms with Gasteiger partial charge in [-0.2, -0.15) is 0 Å². The Morgan fingerprint density at radius 3 is 2.71 bits per heavy atom. The van der Waals surface area contributed by atoms with Crippen LogP contribution in [0.1, 0.15) is 24.9 Å². The van der Waals surface area contributed by atoms with Gasteiger partial charge in [-0.1, -0.05) is 0 Å². The molecule has 17 heavy (non-hydrogen) atoms. The largest absolute Gasteiger partial charge is 0.481 e. The van der Waals surface area contributed by atoms with Crippen molar-refractivity contribution in [2.24, 2.45) is 0 Å². The molecule has 0 saturated heterocycles. The molecule has 1 aromatic carbocycles. The van der Waals surface area contributed by atoms with E-state index in [0.29, 0.717) is 0 Å². The molecule has 0 aromatic heterocycles. The molecule has 1 rings (SSSR count). The predicted octanol–water partition coefficient (Wildman–Crippen LogP) is 2.43. The van der Waals surface area contributed by atoms with Gasteiger partial charge in [0, 0.05) is 18.2 Å². The minimum Gasteiger partial charge on any atom is -0.481 e. The van der Waals surface area contributed by atoms with Gasteiger partial charge in [0.25, 0.3) is 0 Å². The van der Waals surface area contributed by atoms with Crippen molar-refractivity contribution < 1.29 is 18.7 Å². The molecule has 0 radical (unpaired) electrons. The van der Waals surface area contributed by atoms with Crippen molar-refractivity contribution in [3.8, 4) is 0 Å². The Morgan fingerprint density at radius 1 is 1.47 bits per heavy atom. The van der Waals surface area contributed by atoms with Gasteiger partial charge in [0.2, 0.25) is 0 Å². The molecule has 0 amide bonds. The van der Waals surface area contributed by atoms with E-state index in [1.165, 1.54) is 0 Å². The molecular weight excluding hydrogens is 228 g/mol. The first kappa shape index (κ1) is 13.6. The molecule has 94 valence electrons. The van der Waals surface area contributed by atoms with E-state index in [0.717, 1.165) is 18.2 Å². The van der Waals surface area contributed by atoms with Gasteiger partial charge in [0.15, 0.2) is 0 Å². The fourth-order valence-electron chi connectivity index (χ4n) is 1.54. The van der Waals surface area contributed by atoms with Crippen molar-refractivity contribution >= 4 is 5.97 Å². The minimum atomic E-state index is -0.913. The van der Waals surface area contributed by atoms with E-state index in [-0.39, 0.29) is 24.6 Å². The Labute approximate surface area is 98.7 Å². The van der Waals surface area contributed by atoms with E-state index < -0.39 is 17.6 Å². The lowest BCUT2D eigenvalue weighted by Gasteiger charge is -2.24. The molecule has 0 saturated carbocycles. The van der Waals surface area contributed by atoms with Crippen molar-refractivity contribution in [1.29, 1.82) is 0 Å². The van der Waals surface area contributed by atoms with Crippen molar-refractivity contribution in [2.75, 3.05) is 13.6 Å². The normalized spacial score (nSPS) is 12.8. The number of rotatable bonds is 5. The van der Waals surface area contributed by atoms with Crippen molar-refractivity contribution in [3.63, 3.8) is 0 Å². The number of carbonyl (C=O) groups is 1. The molecular formula is C12H15F2NO2. The van der Waals surface area contributed by atoms with Crippen molar-refractivity contribution in [3.05, 3.63) is 35.4 Å². The average Bonchev–Trinajstić information content (AvgIpc) is 2.28.